The molecule has 0 rings (SSSR count). The number of hydrogen-bond donors (Lipinski definition) is 0. The second kappa shape index (κ2) is 2.95. The molecule has 0 aromatic rings. The van der Waals surface area contributed by atoms with E-state index in [0.717, 1.165) is 0 Å². The van der Waals surface area contributed by atoms with Gasteiger partial charge in [-0.3, -0.25) is 0 Å². The van der Waals surface area contributed by atoms with E-state index in [1.165, 1.54) is 0 Å². The lowest BCUT2D eigenvalue weighted by Crippen LogP contribution is -2.54. The third-order valence-corrected chi connectivity index (χ3v) is 1.99. The Morgan fingerprint density at radius 1 is 0.857 bits per heavy atom. The average molecular weight is 248 g/mol. The molecule has 1 N–H and O–H groups in total. The van der Waals surface area contributed by atoms with Crippen molar-refractivity contribution in [3.8, 4) is 0 Å². The van der Waals surface area contributed by atoms with Crippen LogP contribution in [0.1, 0.15) is 0 Å². The van der Waals surface area contributed by atoms with E-state index in [1.807, 2.05) is 0 Å². The van der Waals surface area contributed by atoms with Gasteiger partial charge in [0.05, 0.1) is 0 Å². The van der Waals surface area contributed by atoms with Crippen LogP contribution in [0.4, 0.5) is 30.7 Å². The van der Waals surface area contributed by atoms with Crippen molar-refractivity contribution in [3.63, 3.8) is 0 Å². The third-order valence-electron chi connectivity index (χ3n) is 1.06. The highest BCUT2D eigenvalue weighted by Gasteiger charge is 2.76. The Bertz CT molecular complexity index is 316. The first kappa shape index (κ1) is 13.4. The minimum Gasteiger partial charge on any atom is -0.559 e. The summed E-state index contributed by atoms with van der Waals surface area (Å²) in [5, 5.41) is -0.989. The third kappa shape index (κ3) is 1.78. The predicted molar refractivity (Wildman–Crippen MR) is 29.2 cm³/mol. The molecular formula is C3HF7NO2S-. The molecule has 11 heteroatoms. The highest BCUT2D eigenvalue weighted by molar-refractivity contribution is 7.94. The molecule has 0 aliphatic rings. The van der Waals surface area contributed by atoms with Gasteiger partial charge < -0.3 is 5.14 Å². The Labute approximate surface area is 72.7 Å². The van der Waals surface area contributed by atoms with Crippen molar-refractivity contribution in [2.75, 3.05) is 0 Å². The summed E-state index contributed by atoms with van der Waals surface area (Å²) in [7, 11) is -6.60. The lowest BCUT2D eigenvalue weighted by molar-refractivity contribution is -0.331. The van der Waals surface area contributed by atoms with Crippen LogP contribution in [0, 0.1) is 0 Å². The average Bonchev–Trinajstić information content (AvgIpc) is 1.81. The van der Waals surface area contributed by atoms with Crippen molar-refractivity contribution in [3.05, 3.63) is 5.14 Å². The number of hydrogen-bond acceptors (Lipinski definition) is 2. The molecule has 0 spiro atoms. The van der Waals surface area contributed by atoms with Crippen molar-refractivity contribution >= 4 is 10.0 Å². The molecule has 0 saturated heterocycles. The second-order valence-electron chi connectivity index (χ2n) is 2.09. The van der Waals surface area contributed by atoms with Crippen LogP contribution >= 0.6 is 0 Å². The molecule has 0 amide bonds. The number of rotatable bonds is 2. The minimum atomic E-state index is -6.79. The Hall–Kier alpha value is -0.580. The Kier molecular flexibility index (Phi) is 2.83. The predicted octanol–water partition coefficient (Wildman–Crippen LogP) is 2.16. The zero-order valence-electron chi connectivity index (χ0n) is 5.87. The molecule has 0 aromatic heterocycles. The van der Waals surface area contributed by atoms with E-state index in [9.17, 15) is 39.2 Å². The van der Waals surface area contributed by atoms with Crippen LogP contribution in [0.25, 0.3) is 5.14 Å². The fraction of sp³-hybridized carbons (Fsp3) is 1.00. The van der Waals surface area contributed by atoms with Gasteiger partial charge in [-0.2, -0.15) is 30.7 Å². The molecule has 0 aromatic carbocycles. The van der Waals surface area contributed by atoms with Gasteiger partial charge in [0.25, 0.3) is 0 Å². The largest absolute Gasteiger partial charge is 0.559 e. The van der Waals surface area contributed by atoms with Gasteiger partial charge in [-0.15, -0.1) is 0 Å². The zero-order chi connectivity index (χ0) is 12.0. The van der Waals surface area contributed by atoms with E-state index in [-0.39, 0.29) is 0 Å². The summed E-state index contributed by atoms with van der Waals surface area (Å²) in [5.74, 6) is -6.79. The van der Waals surface area contributed by atoms with Gasteiger partial charge in [0.1, 0.15) is 10.0 Å². The number of sulfonamides is 1. The lowest BCUT2D eigenvalue weighted by Gasteiger charge is -2.29. The van der Waals surface area contributed by atoms with E-state index in [4.69, 9.17) is 5.14 Å². The highest BCUT2D eigenvalue weighted by Crippen LogP contribution is 2.49. The molecule has 86 valence electrons. The SMILES string of the molecule is [NH-]S(=O)(=O)C(F)(F)C(F)(F)C(F)(F)F. The summed E-state index contributed by atoms with van der Waals surface area (Å²) >= 11 is 0. The molecule has 3 nitrogen and oxygen atoms in total. The van der Waals surface area contributed by atoms with E-state index in [0.29, 0.717) is 0 Å². The molecule has 0 aliphatic carbocycles. The number of halogens is 7. The molecule has 0 unspecified atom stereocenters. The maximum Gasteiger partial charge on any atom is 0.461 e. The monoisotopic (exact) mass is 248 g/mol. The first-order valence-electron chi connectivity index (χ1n) is 2.56. The normalized spacial score (nSPS) is 15.7. The van der Waals surface area contributed by atoms with Crippen LogP contribution in [0.2, 0.25) is 0 Å². The number of alkyl halides is 7. The van der Waals surface area contributed by atoms with Gasteiger partial charge >= 0.3 is 17.4 Å². The quantitative estimate of drug-likeness (QED) is 0.703. The minimum absolute atomic E-state index is 5.51. The fourth-order valence-corrected chi connectivity index (χ4v) is 0.787. The van der Waals surface area contributed by atoms with Crippen LogP contribution in [0.5, 0.6) is 0 Å². The maximum absolute atomic E-state index is 12.0. The van der Waals surface area contributed by atoms with E-state index in [1.54, 1.807) is 0 Å². The second-order valence-corrected chi connectivity index (χ2v) is 3.61. The van der Waals surface area contributed by atoms with Crippen molar-refractivity contribution in [2.45, 2.75) is 17.4 Å². The van der Waals surface area contributed by atoms with E-state index >= 15 is 0 Å². The van der Waals surface area contributed by atoms with Crippen molar-refractivity contribution in [2.24, 2.45) is 0 Å². The molecule has 0 fully saturated rings. The summed E-state index contributed by atoms with van der Waals surface area (Å²) in [6, 6.07) is 0. The van der Waals surface area contributed by atoms with E-state index < -0.39 is 27.4 Å². The summed E-state index contributed by atoms with van der Waals surface area (Å²) in [5.41, 5.74) is 0. The van der Waals surface area contributed by atoms with Crippen LogP contribution in [0.3, 0.4) is 0 Å². The highest BCUT2D eigenvalue weighted by atomic mass is 32.2. The Morgan fingerprint density at radius 2 is 1.14 bits per heavy atom. The Morgan fingerprint density at radius 3 is 1.21 bits per heavy atom. The van der Waals surface area contributed by atoms with Gasteiger partial charge in [0.2, 0.25) is 0 Å². The zero-order valence-corrected chi connectivity index (χ0v) is 6.69. The van der Waals surface area contributed by atoms with Crippen LogP contribution in [-0.4, -0.2) is 25.8 Å². The van der Waals surface area contributed by atoms with Gasteiger partial charge in [-0.25, -0.2) is 8.42 Å². The smallest absolute Gasteiger partial charge is 0.461 e. The molecule has 0 saturated carbocycles. The summed E-state index contributed by atoms with van der Waals surface area (Å²) in [6.45, 7) is 0. The van der Waals surface area contributed by atoms with Gasteiger partial charge in [0.15, 0.2) is 0 Å². The van der Waals surface area contributed by atoms with E-state index in [2.05, 4.69) is 0 Å². The molecule has 0 aliphatic heterocycles. The summed E-state index contributed by atoms with van der Waals surface area (Å²) in [4.78, 5) is 0. The van der Waals surface area contributed by atoms with Gasteiger partial charge in [-0.05, 0) is 0 Å². The molecule has 0 bridgehead atoms. The number of nitrogens with one attached hydrogen (secondary N) is 1. The molecule has 0 atom stereocenters. The first-order chi connectivity index (χ1) is 5.75. The Balaban J connectivity index is 5.54. The molecular weight excluding hydrogens is 247 g/mol. The van der Waals surface area contributed by atoms with Gasteiger partial charge in [-0.1, -0.05) is 0 Å². The topological polar surface area (TPSA) is 57.9 Å². The molecule has 0 heterocycles. The van der Waals surface area contributed by atoms with Crippen molar-refractivity contribution in [1.82, 2.24) is 0 Å². The van der Waals surface area contributed by atoms with Crippen LogP contribution < -0.4 is 0 Å². The molecule has 14 heavy (non-hydrogen) atoms. The van der Waals surface area contributed by atoms with Gasteiger partial charge in [0, 0.05) is 0 Å². The van der Waals surface area contributed by atoms with Crippen LogP contribution in [-0.2, 0) is 10.0 Å². The summed E-state index contributed by atoms with van der Waals surface area (Å²) < 4.78 is 101. The van der Waals surface area contributed by atoms with Crippen LogP contribution in [0.15, 0.2) is 0 Å². The standard InChI is InChI=1S/C3HF7NO2S/c4-1(5,2(6,7)8)3(9,10)14(11,12)13/h(H-,11,12,13)/q-1. The fourth-order valence-electron chi connectivity index (χ4n) is 0.334. The van der Waals surface area contributed by atoms with Crippen molar-refractivity contribution < 1.29 is 39.2 Å². The first-order valence-corrected chi connectivity index (χ1v) is 4.05. The van der Waals surface area contributed by atoms with Crippen molar-refractivity contribution in [1.29, 1.82) is 0 Å². The molecule has 0 radical (unpaired) electrons. The summed E-state index contributed by atoms with van der Waals surface area (Å²) in [6.07, 6.45) is -6.75. The maximum atomic E-state index is 12.0. The lowest BCUT2D eigenvalue weighted by atomic mass is 10.3.